The number of hydrogen-bond donors (Lipinski definition) is 0. The molecule has 6 heteroatoms. The number of aryl methyl sites for hydroxylation is 1. The predicted molar refractivity (Wildman–Crippen MR) is 96.9 cm³/mol. The molecule has 1 unspecified atom stereocenters. The van der Waals surface area contributed by atoms with Crippen LogP contribution in [0.1, 0.15) is 35.8 Å². The Morgan fingerprint density at radius 2 is 1.73 bits per heavy atom. The molecule has 2 heterocycles. The van der Waals surface area contributed by atoms with E-state index in [4.69, 9.17) is 14.5 Å². The van der Waals surface area contributed by atoms with E-state index in [1.54, 1.807) is 0 Å². The van der Waals surface area contributed by atoms with Crippen molar-refractivity contribution in [2.75, 3.05) is 13.2 Å². The van der Waals surface area contributed by atoms with Crippen LogP contribution in [0.5, 0.6) is 11.5 Å². The number of thiazole rings is 1. The van der Waals surface area contributed by atoms with Gasteiger partial charge in [0.15, 0.2) is 23.1 Å². The molecule has 26 heavy (non-hydrogen) atoms. The van der Waals surface area contributed by atoms with Crippen LogP contribution in [0.3, 0.4) is 0 Å². The number of hydrogen-bond acceptors (Lipinski definition) is 6. The van der Waals surface area contributed by atoms with E-state index in [0.717, 1.165) is 40.5 Å². The Kier molecular flexibility index (Phi) is 3.64. The lowest BCUT2D eigenvalue weighted by atomic mass is 9.77. The second kappa shape index (κ2) is 5.91. The molecule has 134 valence electrons. The first-order valence-electron chi connectivity index (χ1n) is 9.06. The minimum Gasteiger partial charge on any atom is -0.486 e. The Morgan fingerprint density at radius 1 is 1.04 bits per heavy atom. The fourth-order valence-corrected chi connectivity index (χ4v) is 5.30. The Balaban J connectivity index is 1.52. The minimum atomic E-state index is -0.663. The van der Waals surface area contributed by atoms with Gasteiger partial charge in [-0.15, -0.1) is 11.3 Å². The quantitative estimate of drug-likeness (QED) is 0.758. The maximum absolute atomic E-state index is 12.8. The van der Waals surface area contributed by atoms with Gasteiger partial charge in [-0.2, -0.15) is 0 Å². The standard InChI is InChI=1S/C20H19NO4S/c1-10-17(16-18(22)11-2-3-12(8-11)19(16)23)21-20(26-10)13-4-5-14-15(9-13)25-7-6-24-14/h4-5,9,11-12,16H,2-3,6-8H2,1H3/t11-,12+,16?. The molecule has 2 saturated carbocycles. The Labute approximate surface area is 155 Å². The normalized spacial score (nSPS) is 27.0. The summed E-state index contributed by atoms with van der Waals surface area (Å²) in [4.78, 5) is 31.3. The zero-order valence-electron chi connectivity index (χ0n) is 14.5. The van der Waals surface area contributed by atoms with Crippen LogP contribution in [0.2, 0.25) is 0 Å². The summed E-state index contributed by atoms with van der Waals surface area (Å²) in [5, 5.41) is 0.813. The molecular formula is C20H19NO4S. The molecule has 1 aromatic carbocycles. The van der Waals surface area contributed by atoms with Gasteiger partial charge in [0.05, 0.1) is 5.69 Å². The van der Waals surface area contributed by atoms with Crippen LogP contribution >= 0.6 is 11.3 Å². The number of fused-ring (bicyclic) bond motifs is 3. The monoisotopic (exact) mass is 369 g/mol. The average Bonchev–Trinajstić information content (AvgIpc) is 3.26. The number of carbonyl (C=O) groups excluding carboxylic acids is 2. The van der Waals surface area contributed by atoms with Crippen LogP contribution in [0.4, 0.5) is 0 Å². The number of aromatic nitrogens is 1. The Hall–Kier alpha value is -2.21. The smallest absolute Gasteiger partial charge is 0.162 e. The van der Waals surface area contributed by atoms with Crippen molar-refractivity contribution in [2.24, 2.45) is 11.8 Å². The zero-order valence-corrected chi connectivity index (χ0v) is 15.3. The molecule has 1 aliphatic heterocycles. The summed E-state index contributed by atoms with van der Waals surface area (Å²) in [6.07, 6.45) is 2.44. The number of ketones is 2. The lowest BCUT2D eigenvalue weighted by Gasteiger charge is -2.24. The van der Waals surface area contributed by atoms with E-state index in [9.17, 15) is 9.59 Å². The van der Waals surface area contributed by atoms with Crippen molar-refractivity contribution in [3.05, 3.63) is 28.8 Å². The highest BCUT2D eigenvalue weighted by Crippen LogP contribution is 2.45. The highest BCUT2D eigenvalue weighted by atomic mass is 32.1. The van der Waals surface area contributed by atoms with E-state index in [1.165, 1.54) is 11.3 Å². The molecule has 5 nitrogen and oxygen atoms in total. The van der Waals surface area contributed by atoms with Gasteiger partial charge < -0.3 is 9.47 Å². The van der Waals surface area contributed by atoms with Crippen molar-refractivity contribution in [3.8, 4) is 22.1 Å². The van der Waals surface area contributed by atoms with E-state index in [2.05, 4.69) is 0 Å². The molecule has 0 spiro atoms. The van der Waals surface area contributed by atoms with Crippen LogP contribution in [-0.2, 0) is 9.59 Å². The van der Waals surface area contributed by atoms with Gasteiger partial charge in [0.1, 0.15) is 24.1 Å². The Bertz CT molecular complexity index is 897. The van der Waals surface area contributed by atoms with Gasteiger partial charge in [-0.05, 0) is 44.4 Å². The Morgan fingerprint density at radius 3 is 2.46 bits per heavy atom. The summed E-state index contributed by atoms with van der Waals surface area (Å²) in [6, 6.07) is 5.76. The van der Waals surface area contributed by atoms with Gasteiger partial charge in [0, 0.05) is 22.3 Å². The van der Waals surface area contributed by atoms with Crippen molar-refractivity contribution in [3.63, 3.8) is 0 Å². The molecule has 3 aliphatic rings. The fourth-order valence-electron chi connectivity index (χ4n) is 4.36. The largest absolute Gasteiger partial charge is 0.486 e. The lowest BCUT2D eigenvalue weighted by Crippen LogP contribution is -2.35. The summed E-state index contributed by atoms with van der Waals surface area (Å²) in [7, 11) is 0. The number of Topliss-reactive ketones (excluding diaryl/α,β-unsaturated/α-hetero) is 2. The number of nitrogens with zero attached hydrogens (tertiary/aromatic N) is 1. The van der Waals surface area contributed by atoms with Crippen molar-refractivity contribution in [1.82, 2.24) is 4.98 Å². The molecule has 0 radical (unpaired) electrons. The topological polar surface area (TPSA) is 65.5 Å². The highest BCUT2D eigenvalue weighted by molar-refractivity contribution is 7.15. The fraction of sp³-hybridized carbons (Fsp3) is 0.450. The van der Waals surface area contributed by atoms with Crippen molar-refractivity contribution < 1.29 is 19.1 Å². The molecule has 0 N–H and O–H groups in total. The lowest BCUT2D eigenvalue weighted by molar-refractivity contribution is -0.136. The first kappa shape index (κ1) is 16.0. The third kappa shape index (κ3) is 2.39. The molecule has 1 aromatic heterocycles. The zero-order chi connectivity index (χ0) is 17.8. The van der Waals surface area contributed by atoms with Crippen LogP contribution in [0, 0.1) is 18.8 Å². The average molecular weight is 369 g/mol. The predicted octanol–water partition coefficient (Wildman–Crippen LogP) is 3.54. The van der Waals surface area contributed by atoms with Gasteiger partial charge in [-0.1, -0.05) is 0 Å². The number of ether oxygens (including phenoxy) is 2. The molecule has 5 rings (SSSR count). The summed E-state index contributed by atoms with van der Waals surface area (Å²) in [5.41, 5.74) is 1.58. The van der Waals surface area contributed by atoms with Crippen LogP contribution in [-0.4, -0.2) is 29.8 Å². The van der Waals surface area contributed by atoms with Crippen LogP contribution in [0.15, 0.2) is 18.2 Å². The number of rotatable bonds is 2. The highest BCUT2D eigenvalue weighted by Gasteiger charge is 2.48. The third-order valence-corrected chi connectivity index (χ3v) is 6.74. The maximum Gasteiger partial charge on any atom is 0.162 e. The molecule has 2 fully saturated rings. The summed E-state index contributed by atoms with van der Waals surface area (Å²) in [6.45, 7) is 3.04. The van der Waals surface area contributed by atoms with Gasteiger partial charge >= 0.3 is 0 Å². The van der Waals surface area contributed by atoms with Gasteiger partial charge in [-0.25, -0.2) is 4.98 Å². The van der Waals surface area contributed by atoms with Crippen molar-refractivity contribution in [1.29, 1.82) is 0 Å². The van der Waals surface area contributed by atoms with E-state index in [1.807, 2.05) is 25.1 Å². The number of carbonyl (C=O) groups is 2. The second-order valence-corrected chi connectivity index (χ2v) is 8.47. The van der Waals surface area contributed by atoms with Gasteiger partial charge in [0.25, 0.3) is 0 Å². The van der Waals surface area contributed by atoms with Crippen molar-refractivity contribution >= 4 is 22.9 Å². The minimum absolute atomic E-state index is 0.0431. The van der Waals surface area contributed by atoms with Gasteiger partial charge in [-0.3, -0.25) is 9.59 Å². The van der Waals surface area contributed by atoms with E-state index in [-0.39, 0.29) is 23.4 Å². The third-order valence-electron chi connectivity index (χ3n) is 5.70. The number of benzene rings is 1. The molecule has 2 aromatic rings. The molecule has 3 atom stereocenters. The van der Waals surface area contributed by atoms with Gasteiger partial charge in [0.2, 0.25) is 0 Å². The van der Waals surface area contributed by atoms with E-state index < -0.39 is 5.92 Å². The molecule has 0 amide bonds. The van der Waals surface area contributed by atoms with Crippen molar-refractivity contribution in [2.45, 2.75) is 32.1 Å². The summed E-state index contributed by atoms with van der Waals surface area (Å²) < 4.78 is 11.2. The second-order valence-electron chi connectivity index (χ2n) is 7.26. The summed E-state index contributed by atoms with van der Waals surface area (Å²) >= 11 is 1.53. The molecule has 2 aliphatic carbocycles. The first-order valence-corrected chi connectivity index (χ1v) is 9.88. The molecular weight excluding hydrogens is 350 g/mol. The van der Waals surface area contributed by atoms with Crippen LogP contribution < -0.4 is 9.47 Å². The van der Waals surface area contributed by atoms with E-state index in [0.29, 0.717) is 24.7 Å². The molecule has 0 saturated heterocycles. The first-order chi connectivity index (χ1) is 12.6. The SMILES string of the molecule is Cc1sc(-c2ccc3c(c2)OCCO3)nc1C1C(=O)[C@@H]2CC[C@@H](C2)C1=O. The van der Waals surface area contributed by atoms with Crippen LogP contribution in [0.25, 0.3) is 10.6 Å². The molecule has 2 bridgehead atoms. The maximum atomic E-state index is 12.8. The summed E-state index contributed by atoms with van der Waals surface area (Å²) in [5.74, 6) is 1.03. The van der Waals surface area contributed by atoms with E-state index >= 15 is 0 Å².